The molecule has 4 heteroatoms. The summed E-state index contributed by atoms with van der Waals surface area (Å²) in [5.74, 6) is 0.696. The molecule has 34 heavy (non-hydrogen) atoms. The number of fused-ring (bicyclic) bond motifs is 2. The van der Waals surface area contributed by atoms with Crippen LogP contribution in [0, 0.1) is 5.92 Å². The lowest BCUT2D eigenvalue weighted by Crippen LogP contribution is -2.48. The summed E-state index contributed by atoms with van der Waals surface area (Å²) in [7, 11) is 4.16. The average molecular weight is 456 g/mol. The number of nitrogens with zero attached hydrogens (tertiary/aromatic N) is 3. The molecule has 1 heterocycles. The first-order chi connectivity index (χ1) is 16.6. The van der Waals surface area contributed by atoms with Crippen LogP contribution in [0.4, 0.5) is 0 Å². The maximum Gasteiger partial charge on any atom is 0.253 e. The van der Waals surface area contributed by atoms with Gasteiger partial charge in [-0.2, -0.15) is 0 Å². The Balaban J connectivity index is 1.28. The van der Waals surface area contributed by atoms with E-state index >= 15 is 0 Å². The third-order valence-electron chi connectivity index (χ3n) is 7.68. The van der Waals surface area contributed by atoms with Crippen LogP contribution in [0.25, 0.3) is 10.8 Å². The van der Waals surface area contributed by atoms with Crippen LogP contribution in [0.15, 0.2) is 66.7 Å². The Bertz CT molecular complexity index is 1120. The van der Waals surface area contributed by atoms with E-state index in [0.29, 0.717) is 12.0 Å². The summed E-state index contributed by atoms with van der Waals surface area (Å²) in [6.07, 6.45) is 4.77. The van der Waals surface area contributed by atoms with E-state index in [1.807, 2.05) is 18.2 Å². The zero-order valence-electron chi connectivity index (χ0n) is 20.6. The third kappa shape index (κ3) is 5.18. The van der Waals surface area contributed by atoms with E-state index < -0.39 is 0 Å². The summed E-state index contributed by atoms with van der Waals surface area (Å²) >= 11 is 0. The molecule has 0 aromatic heterocycles. The maximum atomic E-state index is 13.7. The Hall–Kier alpha value is -2.69. The van der Waals surface area contributed by atoms with Crippen molar-refractivity contribution in [2.24, 2.45) is 5.92 Å². The second-order valence-corrected chi connectivity index (χ2v) is 10.5. The summed E-state index contributed by atoms with van der Waals surface area (Å²) < 4.78 is 0. The monoisotopic (exact) mass is 455 g/mol. The van der Waals surface area contributed by atoms with Crippen molar-refractivity contribution in [3.05, 3.63) is 83.4 Å². The second kappa shape index (κ2) is 10.3. The summed E-state index contributed by atoms with van der Waals surface area (Å²) in [4.78, 5) is 20.6. The van der Waals surface area contributed by atoms with Crippen LogP contribution in [0.5, 0.6) is 0 Å². The van der Waals surface area contributed by atoms with Gasteiger partial charge in [-0.25, -0.2) is 0 Å². The molecule has 3 aromatic rings. The molecule has 2 aliphatic rings. The number of carbonyl (C=O) groups is 1. The molecule has 178 valence electrons. The molecule has 0 bridgehead atoms. The van der Waals surface area contributed by atoms with Crippen molar-refractivity contribution in [1.29, 1.82) is 0 Å². The number of likely N-dealkylation sites (N-methyl/N-ethyl adjacent to an activating group) is 1. The summed E-state index contributed by atoms with van der Waals surface area (Å²) in [6.45, 7) is 4.78. The zero-order chi connectivity index (χ0) is 23.5. The normalized spacial score (nSPS) is 19.0. The maximum absolute atomic E-state index is 13.7. The number of rotatable bonds is 7. The van der Waals surface area contributed by atoms with Crippen LogP contribution < -0.4 is 0 Å². The van der Waals surface area contributed by atoms with Crippen LogP contribution in [0.2, 0.25) is 0 Å². The van der Waals surface area contributed by atoms with E-state index in [-0.39, 0.29) is 5.91 Å². The van der Waals surface area contributed by atoms with E-state index in [2.05, 4.69) is 77.3 Å². The van der Waals surface area contributed by atoms with Crippen LogP contribution in [0.3, 0.4) is 0 Å². The lowest BCUT2D eigenvalue weighted by atomic mass is 9.95. The number of carbonyl (C=O) groups excluding carboxylic acids is 1. The van der Waals surface area contributed by atoms with Crippen LogP contribution in [0.1, 0.15) is 34.3 Å². The molecule has 5 rings (SSSR count). The van der Waals surface area contributed by atoms with Crippen molar-refractivity contribution in [3.63, 3.8) is 0 Å². The Morgan fingerprint density at radius 1 is 0.912 bits per heavy atom. The largest absolute Gasteiger partial charge is 0.337 e. The van der Waals surface area contributed by atoms with Crippen molar-refractivity contribution in [2.45, 2.75) is 31.7 Å². The molecule has 1 aliphatic heterocycles. The first kappa shape index (κ1) is 23.1. The Morgan fingerprint density at radius 3 is 2.35 bits per heavy atom. The predicted molar refractivity (Wildman–Crippen MR) is 140 cm³/mol. The SMILES string of the molecule is CN(C)CCN(CC1CCCN(C2Cc3ccccc3C2)C1)C(=O)c1ccc2ccccc2c1. The molecule has 0 saturated carbocycles. The summed E-state index contributed by atoms with van der Waals surface area (Å²) in [5.41, 5.74) is 3.85. The van der Waals surface area contributed by atoms with Crippen LogP contribution >= 0.6 is 0 Å². The molecular formula is C30H37N3O. The first-order valence-electron chi connectivity index (χ1n) is 12.8. The van der Waals surface area contributed by atoms with E-state index in [1.54, 1.807) is 0 Å². The highest BCUT2D eigenvalue weighted by molar-refractivity contribution is 5.98. The molecule has 4 nitrogen and oxygen atoms in total. The fraction of sp³-hybridized carbons (Fsp3) is 0.433. The van der Waals surface area contributed by atoms with E-state index in [1.165, 1.54) is 48.7 Å². The minimum absolute atomic E-state index is 0.165. The van der Waals surface area contributed by atoms with Gasteiger partial charge in [0.25, 0.3) is 5.91 Å². The number of hydrogen-bond acceptors (Lipinski definition) is 3. The van der Waals surface area contributed by atoms with Crippen molar-refractivity contribution >= 4 is 16.7 Å². The minimum Gasteiger partial charge on any atom is -0.337 e. The Morgan fingerprint density at radius 2 is 1.62 bits per heavy atom. The summed E-state index contributed by atoms with van der Waals surface area (Å²) in [6, 6.07) is 24.0. The van der Waals surface area contributed by atoms with Crippen LogP contribution in [-0.2, 0) is 12.8 Å². The van der Waals surface area contributed by atoms with Crippen LogP contribution in [-0.4, -0.2) is 73.5 Å². The molecular weight excluding hydrogens is 418 g/mol. The van der Waals surface area contributed by atoms with Gasteiger partial charge >= 0.3 is 0 Å². The van der Waals surface area contributed by atoms with Crippen molar-refractivity contribution < 1.29 is 4.79 Å². The quantitative estimate of drug-likeness (QED) is 0.516. The fourth-order valence-electron chi connectivity index (χ4n) is 5.78. The molecule has 3 aromatic carbocycles. The number of benzene rings is 3. The van der Waals surface area contributed by atoms with E-state index in [9.17, 15) is 4.79 Å². The van der Waals surface area contributed by atoms with Crippen molar-refractivity contribution in [3.8, 4) is 0 Å². The molecule has 1 aliphatic carbocycles. The van der Waals surface area contributed by atoms with Gasteiger partial charge in [-0.15, -0.1) is 0 Å². The number of piperidine rings is 1. The fourth-order valence-corrected chi connectivity index (χ4v) is 5.78. The molecule has 1 amide bonds. The standard InChI is InChI=1S/C30H37N3O/c1-31(2)16-17-33(30(34)28-14-13-24-9-3-4-10-25(24)18-28)22-23-8-7-15-32(21-23)29-19-26-11-5-6-12-27(26)20-29/h3-6,9-14,18,23,29H,7-8,15-17,19-22H2,1-2H3. The van der Waals surface area contributed by atoms with Gasteiger partial charge in [0.15, 0.2) is 0 Å². The highest BCUT2D eigenvalue weighted by Gasteiger charge is 2.31. The lowest BCUT2D eigenvalue weighted by Gasteiger charge is -2.39. The molecule has 1 saturated heterocycles. The van der Waals surface area contributed by atoms with Gasteiger partial charge in [0.05, 0.1) is 0 Å². The average Bonchev–Trinajstić information content (AvgIpc) is 3.30. The van der Waals surface area contributed by atoms with Gasteiger partial charge in [0, 0.05) is 37.8 Å². The molecule has 1 fully saturated rings. The topological polar surface area (TPSA) is 26.8 Å². The van der Waals surface area contributed by atoms with Crippen molar-refractivity contribution in [2.75, 3.05) is 46.8 Å². The molecule has 1 unspecified atom stereocenters. The minimum atomic E-state index is 0.165. The Labute approximate surface area is 204 Å². The number of amides is 1. The van der Waals surface area contributed by atoms with Gasteiger partial charge in [0.1, 0.15) is 0 Å². The third-order valence-corrected chi connectivity index (χ3v) is 7.68. The van der Waals surface area contributed by atoms with Gasteiger partial charge in [0.2, 0.25) is 0 Å². The van der Waals surface area contributed by atoms with E-state index in [4.69, 9.17) is 0 Å². The van der Waals surface area contributed by atoms with E-state index in [0.717, 1.165) is 37.1 Å². The molecule has 1 atom stereocenters. The lowest BCUT2D eigenvalue weighted by molar-refractivity contribution is 0.0630. The highest BCUT2D eigenvalue weighted by Crippen LogP contribution is 2.29. The second-order valence-electron chi connectivity index (χ2n) is 10.5. The number of hydrogen-bond donors (Lipinski definition) is 0. The number of likely N-dealkylation sites (tertiary alicyclic amines) is 1. The summed E-state index contributed by atoms with van der Waals surface area (Å²) in [5, 5.41) is 2.31. The van der Waals surface area contributed by atoms with Gasteiger partial charge in [-0.3, -0.25) is 9.69 Å². The van der Waals surface area contributed by atoms with Gasteiger partial charge < -0.3 is 9.80 Å². The van der Waals surface area contributed by atoms with Gasteiger partial charge in [-0.05, 0) is 86.3 Å². The first-order valence-corrected chi connectivity index (χ1v) is 12.8. The highest BCUT2D eigenvalue weighted by atomic mass is 16.2. The zero-order valence-corrected chi connectivity index (χ0v) is 20.6. The molecule has 0 spiro atoms. The van der Waals surface area contributed by atoms with Crippen molar-refractivity contribution in [1.82, 2.24) is 14.7 Å². The Kier molecular flexibility index (Phi) is 6.98. The smallest absolute Gasteiger partial charge is 0.253 e. The van der Waals surface area contributed by atoms with Gasteiger partial charge in [-0.1, -0.05) is 54.6 Å². The molecule has 0 N–H and O–H groups in total. The predicted octanol–water partition coefficient (Wildman–Crippen LogP) is 4.72. The molecule has 0 radical (unpaired) electrons.